The SMILES string of the molecule is CC(C)C[C@H](NC(=O)[C@H](CCc1ccccc1)NC(=O)CN1CCOCC1)C(=O)NC[C@H](C(=O)N[C@@H](CC(C)C)C(=O)[C@](C)(O)CI)c1ccccc1. The second kappa shape index (κ2) is 22.1. The normalized spacial score (nSPS) is 16.8. The van der Waals surface area contributed by atoms with Crippen LogP contribution in [0.25, 0.3) is 0 Å². The molecule has 4 amide bonds. The molecule has 0 aliphatic carbocycles. The molecule has 1 aliphatic heterocycles. The van der Waals surface area contributed by atoms with Crippen LogP contribution in [0.5, 0.6) is 0 Å². The molecule has 12 nitrogen and oxygen atoms in total. The number of hydrogen-bond donors (Lipinski definition) is 5. The predicted octanol–water partition coefficient (Wildman–Crippen LogP) is 3.15. The quantitative estimate of drug-likeness (QED) is 0.0945. The lowest BCUT2D eigenvalue weighted by molar-refractivity contribution is -0.139. The van der Waals surface area contributed by atoms with Crippen molar-refractivity contribution < 1.29 is 33.8 Å². The van der Waals surface area contributed by atoms with E-state index in [0.29, 0.717) is 57.6 Å². The molecule has 3 rings (SSSR count). The Labute approximate surface area is 328 Å². The van der Waals surface area contributed by atoms with Gasteiger partial charge in [-0.2, -0.15) is 0 Å². The summed E-state index contributed by atoms with van der Waals surface area (Å²) in [4.78, 5) is 70.1. The van der Waals surface area contributed by atoms with E-state index in [0.717, 1.165) is 5.56 Å². The molecular formula is C40H58IN5O7. The minimum atomic E-state index is -1.62. The number of ether oxygens (including phenoxy) is 1. The van der Waals surface area contributed by atoms with Gasteiger partial charge in [0.1, 0.15) is 17.7 Å². The van der Waals surface area contributed by atoms with E-state index in [1.54, 1.807) is 24.3 Å². The number of Topliss-reactive ketones (excluding diaryl/α,β-unsaturated/α-hetero) is 1. The summed E-state index contributed by atoms with van der Waals surface area (Å²) >= 11 is 1.95. The third-order valence-corrected chi connectivity index (χ3v) is 10.6. The summed E-state index contributed by atoms with van der Waals surface area (Å²) in [5.74, 6) is -2.92. The second-order valence-electron chi connectivity index (χ2n) is 14.9. The van der Waals surface area contributed by atoms with E-state index in [2.05, 4.69) is 21.3 Å². The van der Waals surface area contributed by atoms with Crippen molar-refractivity contribution in [1.82, 2.24) is 26.2 Å². The second-order valence-corrected chi connectivity index (χ2v) is 15.7. The van der Waals surface area contributed by atoms with Crippen molar-refractivity contribution in [3.05, 3.63) is 71.8 Å². The maximum atomic E-state index is 13.9. The third kappa shape index (κ3) is 15.1. The number of aryl methyl sites for hydroxylation is 1. The van der Waals surface area contributed by atoms with Crippen LogP contribution in [-0.4, -0.2) is 107 Å². The number of benzene rings is 2. The van der Waals surface area contributed by atoms with Gasteiger partial charge in [0, 0.05) is 24.1 Å². The highest BCUT2D eigenvalue weighted by Gasteiger charge is 2.37. The number of morpholine rings is 1. The van der Waals surface area contributed by atoms with Gasteiger partial charge >= 0.3 is 0 Å². The van der Waals surface area contributed by atoms with Gasteiger partial charge in [0.05, 0.1) is 31.7 Å². The Kier molecular flexibility index (Phi) is 18.3. The van der Waals surface area contributed by atoms with Crippen LogP contribution in [0.2, 0.25) is 0 Å². The monoisotopic (exact) mass is 847 g/mol. The maximum absolute atomic E-state index is 13.9. The van der Waals surface area contributed by atoms with Gasteiger partial charge in [-0.05, 0) is 55.6 Å². The lowest BCUT2D eigenvalue weighted by Crippen LogP contribution is -2.56. The van der Waals surface area contributed by atoms with Crippen LogP contribution in [0.3, 0.4) is 0 Å². The van der Waals surface area contributed by atoms with Crippen LogP contribution in [0.1, 0.15) is 70.9 Å². The molecule has 0 unspecified atom stereocenters. The van der Waals surface area contributed by atoms with Crippen molar-refractivity contribution >= 4 is 52.0 Å². The molecule has 2 aromatic carbocycles. The van der Waals surface area contributed by atoms with E-state index in [-0.39, 0.29) is 35.3 Å². The molecule has 1 heterocycles. The Morgan fingerprint density at radius 3 is 1.94 bits per heavy atom. The van der Waals surface area contributed by atoms with Crippen molar-refractivity contribution in [2.75, 3.05) is 43.8 Å². The molecule has 1 fully saturated rings. The van der Waals surface area contributed by atoms with Gasteiger partial charge in [-0.15, -0.1) is 0 Å². The fraction of sp³-hybridized carbons (Fsp3) is 0.575. The van der Waals surface area contributed by atoms with Gasteiger partial charge in [0.15, 0.2) is 5.78 Å². The molecule has 0 saturated carbocycles. The number of hydrogen-bond acceptors (Lipinski definition) is 8. The van der Waals surface area contributed by atoms with E-state index >= 15 is 0 Å². The average Bonchev–Trinajstić information content (AvgIpc) is 3.13. The summed E-state index contributed by atoms with van der Waals surface area (Å²) in [6.45, 7) is 11.6. The molecule has 5 atom stereocenters. The zero-order chi connectivity index (χ0) is 39.0. The van der Waals surface area contributed by atoms with Crippen molar-refractivity contribution in [2.24, 2.45) is 11.8 Å². The van der Waals surface area contributed by atoms with Gasteiger partial charge in [-0.25, -0.2) is 0 Å². The molecule has 5 N–H and O–H groups in total. The van der Waals surface area contributed by atoms with E-state index < -0.39 is 53.1 Å². The number of alkyl halides is 1. The minimum absolute atomic E-state index is 0.0337. The molecule has 1 aliphatic rings. The van der Waals surface area contributed by atoms with Crippen molar-refractivity contribution in [3.8, 4) is 0 Å². The van der Waals surface area contributed by atoms with Crippen LogP contribution >= 0.6 is 22.6 Å². The number of carbonyl (C=O) groups excluding carboxylic acids is 5. The number of rotatable bonds is 21. The lowest BCUT2D eigenvalue weighted by Gasteiger charge is -2.29. The van der Waals surface area contributed by atoms with Crippen molar-refractivity contribution in [1.29, 1.82) is 0 Å². The first-order valence-corrected chi connectivity index (χ1v) is 20.1. The zero-order valence-electron chi connectivity index (χ0n) is 31.7. The summed E-state index contributed by atoms with van der Waals surface area (Å²) in [6, 6.07) is 15.9. The first-order valence-electron chi connectivity index (χ1n) is 18.6. The highest BCUT2D eigenvalue weighted by molar-refractivity contribution is 14.1. The van der Waals surface area contributed by atoms with Crippen LogP contribution in [0, 0.1) is 11.8 Å². The zero-order valence-corrected chi connectivity index (χ0v) is 33.9. The standard InChI is InChI=1S/C40H58IN5O7/c1-27(2)22-33(36(48)40(5,52)26-41)44-37(49)31(30-14-10-7-11-15-30)24-42-38(50)34(23-28(3)4)45-39(51)32(17-16-29-12-8-6-9-13-29)43-35(47)25-46-18-20-53-21-19-46/h6-15,27-28,31-34,52H,16-26H2,1-5H3,(H,42,50)(H,43,47)(H,44,49)(H,45,51)/t31-,32-,33-,34-,40+/m0/s1. The number of ketones is 1. The topological polar surface area (TPSA) is 166 Å². The number of aliphatic hydroxyl groups is 1. The van der Waals surface area contributed by atoms with Gasteiger partial charge in [0.2, 0.25) is 23.6 Å². The molecule has 0 radical (unpaired) electrons. The Balaban J connectivity index is 1.78. The Bertz CT molecular complexity index is 1470. The van der Waals surface area contributed by atoms with Crippen LogP contribution in [0.15, 0.2) is 60.7 Å². The minimum Gasteiger partial charge on any atom is -0.381 e. The van der Waals surface area contributed by atoms with Gasteiger partial charge in [-0.1, -0.05) is 111 Å². The van der Waals surface area contributed by atoms with Gasteiger partial charge in [-0.3, -0.25) is 28.9 Å². The Hall–Kier alpha value is -3.40. The lowest BCUT2D eigenvalue weighted by atomic mass is 9.90. The molecule has 0 bridgehead atoms. The number of carbonyl (C=O) groups is 5. The molecule has 0 aromatic heterocycles. The summed E-state index contributed by atoms with van der Waals surface area (Å²) in [5, 5.41) is 22.3. The van der Waals surface area contributed by atoms with Crippen LogP contribution < -0.4 is 21.3 Å². The van der Waals surface area contributed by atoms with Gasteiger partial charge in [0.25, 0.3) is 0 Å². The third-order valence-electron chi connectivity index (χ3n) is 9.16. The summed E-state index contributed by atoms with van der Waals surface area (Å²) in [7, 11) is 0. The highest BCUT2D eigenvalue weighted by atomic mass is 127. The largest absolute Gasteiger partial charge is 0.381 e. The highest BCUT2D eigenvalue weighted by Crippen LogP contribution is 2.20. The number of amides is 4. The smallest absolute Gasteiger partial charge is 0.243 e. The van der Waals surface area contributed by atoms with Crippen molar-refractivity contribution in [2.45, 2.75) is 89.9 Å². The fourth-order valence-electron chi connectivity index (χ4n) is 6.19. The molecule has 292 valence electrons. The first-order chi connectivity index (χ1) is 25.2. The van der Waals surface area contributed by atoms with E-state index in [4.69, 9.17) is 4.74 Å². The van der Waals surface area contributed by atoms with E-state index in [1.165, 1.54) is 6.92 Å². The summed E-state index contributed by atoms with van der Waals surface area (Å²) in [5.41, 5.74) is 0.0346. The first kappa shape index (κ1) is 44.0. The van der Waals surface area contributed by atoms with Crippen molar-refractivity contribution in [3.63, 3.8) is 0 Å². The molecule has 1 saturated heterocycles. The number of nitrogens with one attached hydrogen (secondary N) is 4. The summed E-state index contributed by atoms with van der Waals surface area (Å²) in [6.07, 6.45) is 1.53. The Morgan fingerprint density at radius 1 is 0.792 bits per heavy atom. The maximum Gasteiger partial charge on any atom is 0.243 e. The number of halogens is 1. The Morgan fingerprint density at radius 2 is 1.36 bits per heavy atom. The fourth-order valence-corrected chi connectivity index (χ4v) is 6.57. The molecule has 53 heavy (non-hydrogen) atoms. The molecule has 13 heteroatoms. The molecule has 2 aromatic rings. The summed E-state index contributed by atoms with van der Waals surface area (Å²) < 4.78 is 5.56. The number of nitrogens with zero attached hydrogens (tertiary/aromatic N) is 1. The van der Waals surface area contributed by atoms with Crippen LogP contribution in [-0.2, 0) is 35.1 Å². The van der Waals surface area contributed by atoms with Crippen LogP contribution in [0.4, 0.5) is 0 Å². The van der Waals surface area contributed by atoms with E-state index in [1.807, 2.05) is 91.6 Å². The average molecular weight is 848 g/mol. The van der Waals surface area contributed by atoms with Gasteiger partial charge < -0.3 is 31.1 Å². The predicted molar refractivity (Wildman–Crippen MR) is 213 cm³/mol. The molecular weight excluding hydrogens is 789 g/mol. The molecule has 0 spiro atoms. The van der Waals surface area contributed by atoms with E-state index in [9.17, 15) is 29.1 Å².